The van der Waals surface area contributed by atoms with Crippen LogP contribution in [-0.2, 0) is 9.59 Å². The zero-order valence-corrected chi connectivity index (χ0v) is 14.4. The molecule has 1 aliphatic heterocycles. The van der Waals surface area contributed by atoms with Crippen LogP contribution in [0.3, 0.4) is 0 Å². The van der Waals surface area contributed by atoms with Gasteiger partial charge in [-0.25, -0.2) is 9.69 Å². The van der Waals surface area contributed by atoms with Crippen molar-refractivity contribution in [2.24, 2.45) is 0 Å². The molecule has 2 amide bonds. The van der Waals surface area contributed by atoms with Crippen molar-refractivity contribution in [3.05, 3.63) is 53.6 Å². The number of amides is 2. The Bertz CT molecular complexity index is 893. The summed E-state index contributed by atoms with van der Waals surface area (Å²) in [5, 5.41) is 12.2. The van der Waals surface area contributed by atoms with Crippen molar-refractivity contribution in [2.75, 3.05) is 17.3 Å². The molecule has 0 spiro atoms. The molecule has 0 radical (unpaired) electrons. The van der Waals surface area contributed by atoms with Crippen molar-refractivity contribution < 1.29 is 24.2 Å². The van der Waals surface area contributed by atoms with Crippen molar-refractivity contribution >= 4 is 29.2 Å². The van der Waals surface area contributed by atoms with E-state index in [9.17, 15) is 14.4 Å². The number of methoxy groups -OCH3 is 1. The number of benzene rings is 2. The Balaban J connectivity index is 1.87. The zero-order valence-electron chi connectivity index (χ0n) is 14.4. The Morgan fingerprint density at radius 3 is 2.69 bits per heavy atom. The second kappa shape index (κ2) is 6.87. The molecular weight excluding hydrogens is 336 g/mol. The highest BCUT2D eigenvalue weighted by atomic mass is 16.5. The van der Waals surface area contributed by atoms with E-state index in [1.807, 2.05) is 0 Å². The molecule has 2 N–H and O–H groups in total. The van der Waals surface area contributed by atoms with E-state index < -0.39 is 17.9 Å². The fourth-order valence-electron chi connectivity index (χ4n) is 2.90. The van der Waals surface area contributed by atoms with E-state index in [-0.39, 0.29) is 17.9 Å². The lowest BCUT2D eigenvalue weighted by molar-refractivity contribution is -0.121. The van der Waals surface area contributed by atoms with Gasteiger partial charge in [-0.15, -0.1) is 0 Å². The van der Waals surface area contributed by atoms with E-state index in [0.29, 0.717) is 22.7 Å². The van der Waals surface area contributed by atoms with Crippen LogP contribution in [0, 0.1) is 6.92 Å². The van der Waals surface area contributed by atoms with Crippen molar-refractivity contribution in [1.82, 2.24) is 0 Å². The van der Waals surface area contributed by atoms with Gasteiger partial charge in [-0.2, -0.15) is 0 Å². The molecule has 1 atom stereocenters. The van der Waals surface area contributed by atoms with Gasteiger partial charge in [-0.05, 0) is 36.8 Å². The first kappa shape index (κ1) is 17.5. The number of anilines is 2. The first-order valence-electron chi connectivity index (χ1n) is 8.02. The lowest BCUT2D eigenvalue weighted by Crippen LogP contribution is -2.35. The summed E-state index contributed by atoms with van der Waals surface area (Å²) >= 11 is 0. The van der Waals surface area contributed by atoms with Crippen LogP contribution in [-0.4, -0.2) is 36.0 Å². The molecular formula is C19H18N2O5. The minimum Gasteiger partial charge on any atom is -0.497 e. The molecule has 0 aliphatic carbocycles. The first-order valence-corrected chi connectivity index (χ1v) is 8.02. The van der Waals surface area contributed by atoms with Crippen LogP contribution < -0.4 is 15.0 Å². The molecule has 1 aliphatic rings. The van der Waals surface area contributed by atoms with Crippen LogP contribution in [0.15, 0.2) is 42.5 Å². The van der Waals surface area contributed by atoms with Gasteiger partial charge in [0.05, 0.1) is 24.8 Å². The normalized spacial score (nSPS) is 16.7. The molecule has 0 unspecified atom stereocenters. The van der Waals surface area contributed by atoms with E-state index in [1.165, 1.54) is 12.1 Å². The van der Waals surface area contributed by atoms with Crippen molar-refractivity contribution in [2.45, 2.75) is 19.4 Å². The van der Waals surface area contributed by atoms with E-state index in [1.54, 1.807) is 44.4 Å². The van der Waals surface area contributed by atoms with Crippen LogP contribution in [0.2, 0.25) is 0 Å². The number of carboxylic acids is 1. The average molecular weight is 354 g/mol. The molecule has 1 fully saturated rings. The van der Waals surface area contributed by atoms with E-state index in [0.717, 1.165) is 4.90 Å². The number of hydrogen-bond acceptors (Lipinski definition) is 5. The van der Waals surface area contributed by atoms with Crippen LogP contribution >= 0.6 is 0 Å². The summed E-state index contributed by atoms with van der Waals surface area (Å²) in [5.74, 6) is -1.27. The molecule has 2 aromatic rings. The van der Waals surface area contributed by atoms with E-state index >= 15 is 0 Å². The van der Waals surface area contributed by atoms with Gasteiger partial charge in [0.2, 0.25) is 5.91 Å². The van der Waals surface area contributed by atoms with Gasteiger partial charge in [0.1, 0.15) is 11.8 Å². The third kappa shape index (κ3) is 3.23. The number of ether oxygens (including phenoxy) is 1. The first-order chi connectivity index (χ1) is 12.4. The molecule has 26 heavy (non-hydrogen) atoms. The number of rotatable bonds is 5. The fourth-order valence-corrected chi connectivity index (χ4v) is 2.90. The number of carbonyl (C=O) groups excluding carboxylic acids is 2. The van der Waals surface area contributed by atoms with Gasteiger partial charge >= 0.3 is 5.97 Å². The Morgan fingerprint density at radius 2 is 2.00 bits per heavy atom. The maximum Gasteiger partial charge on any atom is 0.335 e. The van der Waals surface area contributed by atoms with Gasteiger partial charge < -0.3 is 15.2 Å². The molecule has 7 heteroatoms. The molecule has 0 aromatic heterocycles. The number of nitrogens with zero attached hydrogens (tertiary/aromatic N) is 1. The summed E-state index contributed by atoms with van der Waals surface area (Å²) in [4.78, 5) is 37.5. The SMILES string of the molecule is COc1cccc(N[C@@H]2CC(=O)N(c3cc(C(=O)O)ccc3C)C2=O)c1. The number of carbonyl (C=O) groups is 3. The fraction of sp³-hybridized carbons (Fsp3) is 0.211. The van der Waals surface area contributed by atoms with Crippen molar-refractivity contribution in [3.8, 4) is 5.75 Å². The molecule has 2 aromatic carbocycles. The second-order valence-electron chi connectivity index (χ2n) is 6.01. The standard InChI is InChI=1S/C19H18N2O5/c1-11-6-7-12(19(24)25)8-16(11)21-17(22)10-15(18(21)23)20-13-4-3-5-14(9-13)26-2/h3-9,15,20H,10H2,1-2H3,(H,24,25)/t15-/m1/s1. The number of hydrogen-bond donors (Lipinski definition) is 2. The highest BCUT2D eigenvalue weighted by molar-refractivity contribution is 6.23. The summed E-state index contributed by atoms with van der Waals surface area (Å²) in [6, 6.07) is 10.7. The van der Waals surface area contributed by atoms with Crippen LogP contribution in [0.25, 0.3) is 0 Å². The molecule has 0 saturated carbocycles. The lowest BCUT2D eigenvalue weighted by atomic mass is 10.1. The summed E-state index contributed by atoms with van der Waals surface area (Å²) in [6.45, 7) is 1.73. The molecule has 1 saturated heterocycles. The number of aromatic carboxylic acids is 1. The van der Waals surface area contributed by atoms with E-state index in [4.69, 9.17) is 9.84 Å². The zero-order chi connectivity index (χ0) is 18.8. The quantitative estimate of drug-likeness (QED) is 0.801. The minimum atomic E-state index is -1.11. The number of imide groups is 1. The van der Waals surface area contributed by atoms with Gasteiger partial charge in [0, 0.05) is 11.8 Å². The number of aryl methyl sites for hydroxylation is 1. The highest BCUT2D eigenvalue weighted by Crippen LogP contribution is 2.29. The third-order valence-corrected chi connectivity index (χ3v) is 4.25. The highest BCUT2D eigenvalue weighted by Gasteiger charge is 2.40. The molecule has 3 rings (SSSR count). The molecule has 7 nitrogen and oxygen atoms in total. The Morgan fingerprint density at radius 1 is 1.23 bits per heavy atom. The van der Waals surface area contributed by atoms with Crippen molar-refractivity contribution in [1.29, 1.82) is 0 Å². The Hall–Kier alpha value is -3.35. The summed E-state index contributed by atoms with van der Waals surface area (Å²) in [5.41, 5.74) is 1.64. The van der Waals surface area contributed by atoms with Crippen LogP contribution in [0.4, 0.5) is 11.4 Å². The largest absolute Gasteiger partial charge is 0.497 e. The molecule has 1 heterocycles. The second-order valence-corrected chi connectivity index (χ2v) is 6.01. The third-order valence-electron chi connectivity index (χ3n) is 4.25. The van der Waals surface area contributed by atoms with Gasteiger partial charge in [-0.1, -0.05) is 12.1 Å². The minimum absolute atomic E-state index is 0.00716. The van der Waals surface area contributed by atoms with E-state index in [2.05, 4.69) is 5.32 Å². The maximum absolute atomic E-state index is 12.8. The Kier molecular flexibility index (Phi) is 4.62. The topological polar surface area (TPSA) is 95.9 Å². The summed E-state index contributed by atoms with van der Waals surface area (Å²) in [6.07, 6.45) is -0.00716. The van der Waals surface area contributed by atoms with Crippen LogP contribution in [0.1, 0.15) is 22.3 Å². The average Bonchev–Trinajstić information content (AvgIpc) is 2.89. The summed E-state index contributed by atoms with van der Waals surface area (Å²) in [7, 11) is 1.54. The predicted molar refractivity (Wildman–Crippen MR) is 95.7 cm³/mol. The van der Waals surface area contributed by atoms with Crippen LogP contribution in [0.5, 0.6) is 5.75 Å². The van der Waals surface area contributed by atoms with Gasteiger partial charge in [-0.3, -0.25) is 9.59 Å². The maximum atomic E-state index is 12.8. The predicted octanol–water partition coefficient (Wildman–Crippen LogP) is 2.45. The Labute approximate surface area is 150 Å². The van der Waals surface area contributed by atoms with Gasteiger partial charge in [0.15, 0.2) is 0 Å². The number of carboxylic acid groups (broad SMARTS) is 1. The molecule has 134 valence electrons. The molecule has 0 bridgehead atoms. The monoisotopic (exact) mass is 354 g/mol. The number of nitrogens with one attached hydrogen (secondary N) is 1. The van der Waals surface area contributed by atoms with Crippen molar-refractivity contribution in [3.63, 3.8) is 0 Å². The smallest absolute Gasteiger partial charge is 0.335 e. The summed E-state index contributed by atoms with van der Waals surface area (Å²) < 4.78 is 5.15. The lowest BCUT2D eigenvalue weighted by Gasteiger charge is -2.18. The van der Waals surface area contributed by atoms with Gasteiger partial charge in [0.25, 0.3) is 5.91 Å².